The molecule has 1 aliphatic rings. The molecule has 2 aromatic rings. The maximum atomic E-state index is 13.0. The Kier molecular flexibility index (Phi) is 5.00. The van der Waals surface area contributed by atoms with Gasteiger partial charge in [-0.3, -0.25) is 9.59 Å². The Bertz CT molecular complexity index is 887. The molecule has 134 valence electrons. The highest BCUT2D eigenvalue weighted by Crippen LogP contribution is 2.39. The summed E-state index contributed by atoms with van der Waals surface area (Å²) < 4.78 is 10.9. The average Bonchev–Trinajstić information content (AvgIpc) is 2.84. The third kappa shape index (κ3) is 3.18. The van der Waals surface area contributed by atoms with Crippen molar-refractivity contribution >= 4 is 34.7 Å². The Balaban J connectivity index is 2.01. The van der Waals surface area contributed by atoms with Gasteiger partial charge in [0.2, 0.25) is 0 Å². The minimum atomic E-state index is -0.567. The third-order valence-corrected chi connectivity index (χ3v) is 4.23. The molecular weight excluding hydrogens is 354 g/mol. The van der Waals surface area contributed by atoms with Crippen molar-refractivity contribution in [3.05, 3.63) is 59.1 Å². The van der Waals surface area contributed by atoms with Crippen molar-refractivity contribution in [2.45, 2.75) is 20.0 Å². The van der Waals surface area contributed by atoms with E-state index in [9.17, 15) is 9.59 Å². The van der Waals surface area contributed by atoms with Crippen molar-refractivity contribution in [1.82, 2.24) is 0 Å². The number of carbonyl (C=O) groups excluding carboxylic acids is 2. The van der Waals surface area contributed by atoms with E-state index in [1.165, 1.54) is 0 Å². The number of hydrogen-bond donors (Lipinski definition) is 0. The number of rotatable bonds is 5. The summed E-state index contributed by atoms with van der Waals surface area (Å²) in [5.74, 6) is 0.0479. The van der Waals surface area contributed by atoms with Crippen molar-refractivity contribution in [2.24, 2.45) is 0 Å². The van der Waals surface area contributed by atoms with Crippen LogP contribution >= 0.6 is 11.6 Å². The highest BCUT2D eigenvalue weighted by Gasteiger charge is 2.40. The van der Waals surface area contributed by atoms with Crippen molar-refractivity contribution in [1.29, 1.82) is 0 Å². The zero-order valence-corrected chi connectivity index (χ0v) is 15.4. The fourth-order valence-corrected chi connectivity index (χ4v) is 3.00. The summed E-state index contributed by atoms with van der Waals surface area (Å²) in [6, 6.07) is 13.7. The van der Waals surface area contributed by atoms with Crippen LogP contribution in [-0.4, -0.2) is 25.0 Å². The second kappa shape index (κ2) is 7.22. The maximum Gasteiger partial charge on any atom is 0.277 e. The van der Waals surface area contributed by atoms with E-state index in [2.05, 4.69) is 0 Å². The first-order valence-corrected chi connectivity index (χ1v) is 8.50. The molecule has 0 N–H and O–H groups in total. The number of halogens is 1. The number of ether oxygens (including phenoxy) is 2. The Morgan fingerprint density at radius 3 is 2.23 bits per heavy atom. The lowest BCUT2D eigenvalue weighted by molar-refractivity contribution is -0.119. The first-order valence-electron chi connectivity index (χ1n) is 8.12. The Morgan fingerprint density at radius 2 is 1.62 bits per heavy atom. The Hall–Kier alpha value is -2.79. The lowest BCUT2D eigenvalue weighted by atomic mass is 10.1. The quantitative estimate of drug-likeness (QED) is 0.745. The van der Waals surface area contributed by atoms with Gasteiger partial charge < -0.3 is 9.47 Å². The van der Waals surface area contributed by atoms with Gasteiger partial charge in [0.1, 0.15) is 16.5 Å². The molecule has 0 aliphatic carbocycles. The lowest BCUT2D eigenvalue weighted by Crippen LogP contribution is -2.31. The predicted molar refractivity (Wildman–Crippen MR) is 100 cm³/mol. The molecule has 5 nitrogen and oxygen atoms in total. The summed E-state index contributed by atoms with van der Waals surface area (Å²) in [5.41, 5.74) is 1.09. The van der Waals surface area contributed by atoms with Crippen LogP contribution in [0.3, 0.4) is 0 Å². The smallest absolute Gasteiger partial charge is 0.277 e. The number of hydrogen-bond acceptors (Lipinski definition) is 4. The van der Waals surface area contributed by atoms with E-state index in [1.807, 2.05) is 13.8 Å². The molecule has 2 aromatic carbocycles. The summed E-state index contributed by atoms with van der Waals surface area (Å²) in [6.45, 7) is 3.75. The van der Waals surface area contributed by atoms with Crippen molar-refractivity contribution in [3.8, 4) is 11.5 Å². The van der Waals surface area contributed by atoms with Crippen LogP contribution in [0.5, 0.6) is 11.5 Å². The number of benzene rings is 2. The van der Waals surface area contributed by atoms with E-state index in [0.29, 0.717) is 22.7 Å². The summed E-state index contributed by atoms with van der Waals surface area (Å²) in [4.78, 5) is 26.7. The number of amides is 2. The van der Waals surface area contributed by atoms with Gasteiger partial charge in [-0.2, -0.15) is 0 Å². The molecule has 0 unspecified atom stereocenters. The number of carbonyl (C=O) groups is 2. The van der Waals surface area contributed by atoms with Crippen LogP contribution in [0.2, 0.25) is 0 Å². The van der Waals surface area contributed by atoms with Gasteiger partial charge in [0.25, 0.3) is 11.8 Å². The van der Waals surface area contributed by atoms with E-state index in [0.717, 1.165) is 4.90 Å². The first-order chi connectivity index (χ1) is 12.4. The van der Waals surface area contributed by atoms with Crippen molar-refractivity contribution < 1.29 is 19.1 Å². The normalized spacial score (nSPS) is 14.4. The van der Waals surface area contributed by atoms with Gasteiger partial charge in [-0.15, -0.1) is 0 Å². The lowest BCUT2D eigenvalue weighted by Gasteiger charge is -2.20. The predicted octanol–water partition coefficient (Wildman–Crippen LogP) is 4.01. The minimum Gasteiger partial charge on any atom is -0.497 e. The molecule has 0 aromatic heterocycles. The zero-order chi connectivity index (χ0) is 18.8. The van der Waals surface area contributed by atoms with Crippen LogP contribution in [0.4, 0.5) is 5.69 Å². The third-order valence-electron chi connectivity index (χ3n) is 3.87. The van der Waals surface area contributed by atoms with Crippen LogP contribution in [0.15, 0.2) is 53.6 Å². The molecule has 1 aliphatic heterocycles. The highest BCUT2D eigenvalue weighted by molar-refractivity contribution is 6.60. The number of imide groups is 1. The fraction of sp³-hybridized carbons (Fsp3) is 0.200. The molecular formula is C20H18ClNO4. The van der Waals surface area contributed by atoms with E-state index >= 15 is 0 Å². The molecule has 2 amide bonds. The summed E-state index contributed by atoms with van der Waals surface area (Å²) in [6.07, 6.45) is -0.103. The van der Waals surface area contributed by atoms with Gasteiger partial charge in [0.15, 0.2) is 0 Å². The topological polar surface area (TPSA) is 55.8 Å². The fourth-order valence-electron chi connectivity index (χ4n) is 2.73. The molecule has 0 bridgehead atoms. The summed E-state index contributed by atoms with van der Waals surface area (Å²) >= 11 is 6.23. The Morgan fingerprint density at radius 1 is 0.962 bits per heavy atom. The molecule has 0 saturated carbocycles. The molecule has 0 fully saturated rings. The second-order valence-corrected chi connectivity index (χ2v) is 6.38. The van der Waals surface area contributed by atoms with Gasteiger partial charge in [-0.05, 0) is 43.7 Å². The van der Waals surface area contributed by atoms with Gasteiger partial charge in [0.05, 0.1) is 24.5 Å². The number of nitrogens with zero attached hydrogens (tertiary/aromatic N) is 1. The van der Waals surface area contributed by atoms with Crippen LogP contribution in [-0.2, 0) is 9.59 Å². The molecule has 3 rings (SSSR count). The second-order valence-electron chi connectivity index (χ2n) is 6.00. The van der Waals surface area contributed by atoms with Gasteiger partial charge in [-0.25, -0.2) is 4.90 Å². The van der Waals surface area contributed by atoms with Crippen LogP contribution < -0.4 is 14.4 Å². The van der Waals surface area contributed by atoms with Gasteiger partial charge in [0, 0.05) is 0 Å². The maximum absolute atomic E-state index is 13.0. The number of methoxy groups -OCH3 is 1. The largest absolute Gasteiger partial charge is 0.497 e. The van der Waals surface area contributed by atoms with Crippen LogP contribution in [0.1, 0.15) is 19.4 Å². The van der Waals surface area contributed by atoms with Crippen LogP contribution in [0, 0.1) is 0 Å². The average molecular weight is 372 g/mol. The SMILES string of the molecule is COc1ccc(C2=C(Cl)C(=O)N(c3ccccc3OC(C)C)C2=O)cc1. The number of para-hydroxylation sites is 2. The van der Waals surface area contributed by atoms with E-state index in [-0.39, 0.29) is 16.7 Å². The summed E-state index contributed by atoms with van der Waals surface area (Å²) in [7, 11) is 1.55. The molecule has 0 saturated heterocycles. The minimum absolute atomic E-state index is 0.103. The molecule has 6 heteroatoms. The highest BCUT2D eigenvalue weighted by atomic mass is 35.5. The van der Waals surface area contributed by atoms with Crippen LogP contribution in [0.25, 0.3) is 5.57 Å². The van der Waals surface area contributed by atoms with Crippen molar-refractivity contribution in [3.63, 3.8) is 0 Å². The molecule has 0 spiro atoms. The van der Waals surface area contributed by atoms with E-state index < -0.39 is 11.8 Å². The monoisotopic (exact) mass is 371 g/mol. The molecule has 26 heavy (non-hydrogen) atoms. The van der Waals surface area contributed by atoms with Crippen molar-refractivity contribution in [2.75, 3.05) is 12.0 Å². The van der Waals surface area contributed by atoms with E-state index in [4.69, 9.17) is 21.1 Å². The molecule has 0 atom stereocenters. The zero-order valence-electron chi connectivity index (χ0n) is 14.7. The van der Waals surface area contributed by atoms with Gasteiger partial charge >= 0.3 is 0 Å². The standard InChI is InChI=1S/C20H18ClNO4/c1-12(2)26-16-7-5-4-6-15(16)22-19(23)17(18(21)20(22)24)13-8-10-14(25-3)11-9-13/h4-12H,1-3H3. The summed E-state index contributed by atoms with van der Waals surface area (Å²) in [5, 5.41) is -0.112. The molecule has 0 radical (unpaired) electrons. The molecule has 1 heterocycles. The Labute approximate surface area is 156 Å². The van der Waals surface area contributed by atoms with Gasteiger partial charge in [-0.1, -0.05) is 35.9 Å². The number of anilines is 1. The first kappa shape index (κ1) is 18.0. The van der Waals surface area contributed by atoms with E-state index in [1.54, 1.807) is 55.6 Å².